The summed E-state index contributed by atoms with van der Waals surface area (Å²) in [5.41, 5.74) is 15.0. The van der Waals surface area contributed by atoms with Crippen LogP contribution >= 0.6 is 0 Å². The Bertz CT molecular complexity index is 415. The Kier molecular flexibility index (Phi) is 2.11. The van der Waals surface area contributed by atoms with Gasteiger partial charge in [-0.2, -0.15) is 0 Å². The maximum Gasteiger partial charge on any atom is 0.0340 e. The summed E-state index contributed by atoms with van der Waals surface area (Å²) >= 11 is 0. The molecule has 14 heavy (non-hydrogen) atoms. The van der Waals surface area contributed by atoms with Gasteiger partial charge in [-0.25, -0.2) is 0 Å². The van der Waals surface area contributed by atoms with Gasteiger partial charge in [-0.3, -0.25) is 0 Å². The van der Waals surface area contributed by atoms with Gasteiger partial charge in [0.25, 0.3) is 0 Å². The van der Waals surface area contributed by atoms with Crippen molar-refractivity contribution in [3.8, 4) is 11.1 Å². The van der Waals surface area contributed by atoms with E-state index in [1.165, 1.54) is 0 Å². The monoisotopic (exact) mass is 184 g/mol. The topological polar surface area (TPSA) is 52.0 Å². The molecule has 2 aromatic carbocycles. The van der Waals surface area contributed by atoms with Crippen molar-refractivity contribution in [1.82, 2.24) is 0 Å². The molecular weight excluding hydrogens is 172 g/mol. The van der Waals surface area contributed by atoms with E-state index < -0.39 is 0 Å². The minimum absolute atomic E-state index is 0.698. The number of nitrogen functional groups attached to an aromatic ring is 2. The second kappa shape index (κ2) is 3.42. The lowest BCUT2D eigenvalue weighted by Gasteiger charge is -2.04. The molecule has 0 aromatic heterocycles. The van der Waals surface area contributed by atoms with E-state index in [0.29, 0.717) is 11.4 Å². The average molecular weight is 184 g/mol. The largest absolute Gasteiger partial charge is 0.399 e. The van der Waals surface area contributed by atoms with Crippen LogP contribution in [0.15, 0.2) is 48.5 Å². The molecule has 70 valence electrons. The lowest BCUT2D eigenvalue weighted by Crippen LogP contribution is -1.91. The van der Waals surface area contributed by atoms with E-state index in [0.717, 1.165) is 11.1 Å². The zero-order valence-corrected chi connectivity index (χ0v) is 7.77. The zero-order chi connectivity index (χ0) is 9.97. The smallest absolute Gasteiger partial charge is 0.0340 e. The summed E-state index contributed by atoms with van der Waals surface area (Å²) < 4.78 is 0. The van der Waals surface area contributed by atoms with Crippen molar-refractivity contribution in [3.05, 3.63) is 48.5 Å². The van der Waals surface area contributed by atoms with Crippen LogP contribution in [0.25, 0.3) is 11.1 Å². The Morgan fingerprint density at radius 2 is 1.21 bits per heavy atom. The van der Waals surface area contributed by atoms with Crippen LogP contribution in [0.1, 0.15) is 0 Å². The van der Waals surface area contributed by atoms with Gasteiger partial charge in [0.05, 0.1) is 0 Å². The first-order valence-electron chi connectivity index (χ1n) is 4.47. The zero-order valence-electron chi connectivity index (χ0n) is 7.77. The fraction of sp³-hybridized carbons (Fsp3) is 0. The summed E-state index contributed by atoms with van der Waals surface area (Å²) in [6.07, 6.45) is 0. The molecule has 0 amide bonds. The third-order valence-electron chi connectivity index (χ3n) is 2.08. The van der Waals surface area contributed by atoms with Crippen molar-refractivity contribution in [3.63, 3.8) is 0 Å². The van der Waals surface area contributed by atoms with Crippen LogP contribution in [0.5, 0.6) is 0 Å². The minimum Gasteiger partial charge on any atom is -0.399 e. The normalized spacial score (nSPS) is 10.0. The first-order chi connectivity index (χ1) is 6.75. The molecule has 0 radical (unpaired) electrons. The highest BCUT2D eigenvalue weighted by Crippen LogP contribution is 2.24. The third-order valence-corrected chi connectivity index (χ3v) is 2.08. The molecule has 0 saturated carbocycles. The first-order valence-corrected chi connectivity index (χ1v) is 4.47. The van der Waals surface area contributed by atoms with Gasteiger partial charge in [-0.1, -0.05) is 30.3 Å². The van der Waals surface area contributed by atoms with Crippen LogP contribution in [-0.4, -0.2) is 0 Å². The summed E-state index contributed by atoms with van der Waals surface area (Å²) in [6.45, 7) is 0. The molecule has 2 heteroatoms. The minimum atomic E-state index is 0.698. The van der Waals surface area contributed by atoms with Crippen LogP contribution in [0.2, 0.25) is 0 Å². The predicted octanol–water partition coefficient (Wildman–Crippen LogP) is 2.52. The molecule has 0 saturated heterocycles. The van der Waals surface area contributed by atoms with Gasteiger partial charge in [-0.15, -0.1) is 0 Å². The third kappa shape index (κ3) is 1.69. The molecule has 2 aromatic rings. The SMILES string of the molecule is Nc1cc(N)cc(-c2ccccc2)c1. The van der Waals surface area contributed by atoms with Crippen molar-refractivity contribution in [2.24, 2.45) is 0 Å². The quantitative estimate of drug-likeness (QED) is 0.669. The molecule has 0 aliphatic heterocycles. The molecule has 2 rings (SSSR count). The van der Waals surface area contributed by atoms with Crippen LogP contribution in [0.3, 0.4) is 0 Å². The summed E-state index contributed by atoms with van der Waals surface area (Å²) in [6, 6.07) is 15.6. The maximum absolute atomic E-state index is 5.72. The highest BCUT2D eigenvalue weighted by atomic mass is 14.6. The Balaban J connectivity index is 2.52. The summed E-state index contributed by atoms with van der Waals surface area (Å²) in [5, 5.41) is 0. The molecule has 0 spiro atoms. The second-order valence-corrected chi connectivity index (χ2v) is 3.25. The van der Waals surface area contributed by atoms with E-state index in [4.69, 9.17) is 11.5 Å². The number of hydrogen-bond donors (Lipinski definition) is 2. The predicted molar refractivity (Wildman–Crippen MR) is 60.7 cm³/mol. The van der Waals surface area contributed by atoms with E-state index >= 15 is 0 Å². The van der Waals surface area contributed by atoms with Gasteiger partial charge in [0.15, 0.2) is 0 Å². The number of rotatable bonds is 1. The summed E-state index contributed by atoms with van der Waals surface area (Å²) in [4.78, 5) is 0. The molecule has 0 unspecified atom stereocenters. The highest BCUT2D eigenvalue weighted by molar-refractivity contribution is 5.72. The molecule has 0 atom stereocenters. The van der Waals surface area contributed by atoms with Crippen LogP contribution in [0.4, 0.5) is 11.4 Å². The molecule has 0 bridgehead atoms. The standard InChI is InChI=1S/C12H12N2/c13-11-6-10(7-12(14)8-11)9-4-2-1-3-5-9/h1-8H,13-14H2. The molecule has 0 heterocycles. The second-order valence-electron chi connectivity index (χ2n) is 3.25. The average Bonchev–Trinajstić information content (AvgIpc) is 2.18. The van der Waals surface area contributed by atoms with Gasteiger partial charge in [0.2, 0.25) is 0 Å². The van der Waals surface area contributed by atoms with Gasteiger partial charge in [-0.05, 0) is 29.3 Å². The van der Waals surface area contributed by atoms with Crippen LogP contribution in [0, 0.1) is 0 Å². The first kappa shape index (κ1) is 8.63. The fourth-order valence-corrected chi connectivity index (χ4v) is 1.47. The molecule has 0 aliphatic rings. The maximum atomic E-state index is 5.72. The summed E-state index contributed by atoms with van der Waals surface area (Å²) in [7, 11) is 0. The van der Waals surface area contributed by atoms with Gasteiger partial charge >= 0.3 is 0 Å². The Hall–Kier alpha value is -1.96. The highest BCUT2D eigenvalue weighted by Gasteiger charge is 1.98. The Morgan fingerprint density at radius 1 is 0.643 bits per heavy atom. The molecular formula is C12H12N2. The Labute approximate surface area is 83.2 Å². The van der Waals surface area contributed by atoms with E-state index in [9.17, 15) is 0 Å². The van der Waals surface area contributed by atoms with E-state index in [1.807, 2.05) is 42.5 Å². The Morgan fingerprint density at radius 3 is 1.79 bits per heavy atom. The van der Waals surface area contributed by atoms with E-state index in [2.05, 4.69) is 0 Å². The van der Waals surface area contributed by atoms with Crippen molar-refractivity contribution in [2.75, 3.05) is 11.5 Å². The van der Waals surface area contributed by atoms with E-state index in [-0.39, 0.29) is 0 Å². The van der Waals surface area contributed by atoms with Gasteiger partial charge in [0, 0.05) is 11.4 Å². The van der Waals surface area contributed by atoms with Gasteiger partial charge in [0.1, 0.15) is 0 Å². The van der Waals surface area contributed by atoms with Crippen molar-refractivity contribution >= 4 is 11.4 Å². The van der Waals surface area contributed by atoms with Crippen molar-refractivity contribution < 1.29 is 0 Å². The van der Waals surface area contributed by atoms with Gasteiger partial charge < -0.3 is 11.5 Å². The van der Waals surface area contributed by atoms with Crippen LogP contribution < -0.4 is 11.5 Å². The summed E-state index contributed by atoms with van der Waals surface area (Å²) in [5.74, 6) is 0. The lowest BCUT2D eigenvalue weighted by molar-refractivity contribution is 1.61. The van der Waals surface area contributed by atoms with Crippen molar-refractivity contribution in [2.45, 2.75) is 0 Å². The number of nitrogens with two attached hydrogens (primary N) is 2. The van der Waals surface area contributed by atoms with Crippen molar-refractivity contribution in [1.29, 1.82) is 0 Å². The number of hydrogen-bond acceptors (Lipinski definition) is 2. The lowest BCUT2D eigenvalue weighted by atomic mass is 10.0. The van der Waals surface area contributed by atoms with E-state index in [1.54, 1.807) is 6.07 Å². The molecule has 0 fully saturated rings. The number of benzene rings is 2. The molecule has 0 aliphatic carbocycles. The number of anilines is 2. The fourth-order valence-electron chi connectivity index (χ4n) is 1.47. The van der Waals surface area contributed by atoms with Crippen LogP contribution in [-0.2, 0) is 0 Å². The molecule has 4 N–H and O–H groups in total. The molecule has 2 nitrogen and oxygen atoms in total.